The molecule has 26 heavy (non-hydrogen) atoms. The number of ether oxygens (including phenoxy) is 3. The van der Waals surface area contributed by atoms with Gasteiger partial charge in [0.1, 0.15) is 5.52 Å². The third-order valence-electron chi connectivity index (χ3n) is 4.18. The summed E-state index contributed by atoms with van der Waals surface area (Å²) in [6.45, 7) is 2.42. The van der Waals surface area contributed by atoms with Crippen molar-refractivity contribution < 1.29 is 14.2 Å². The van der Waals surface area contributed by atoms with Crippen LogP contribution in [0.4, 0.5) is 0 Å². The molecule has 0 aliphatic rings. The lowest BCUT2D eigenvalue weighted by Crippen LogP contribution is -2.22. The van der Waals surface area contributed by atoms with Gasteiger partial charge in [0.15, 0.2) is 11.5 Å². The minimum absolute atomic E-state index is 0.165. The highest BCUT2D eigenvalue weighted by Crippen LogP contribution is 2.41. The van der Waals surface area contributed by atoms with Crippen LogP contribution < -0.4 is 19.8 Å². The molecule has 0 bridgehead atoms. The number of pyridine rings is 1. The third-order valence-corrected chi connectivity index (χ3v) is 4.18. The molecule has 3 aromatic rings. The second kappa shape index (κ2) is 7.43. The van der Waals surface area contributed by atoms with Crippen LogP contribution in [-0.4, -0.2) is 35.9 Å². The summed E-state index contributed by atoms with van der Waals surface area (Å²) in [6, 6.07) is 7.48. The number of aromatic nitrogens is 3. The normalized spacial score (nSPS) is 10.8. The van der Waals surface area contributed by atoms with E-state index < -0.39 is 0 Å². The van der Waals surface area contributed by atoms with Crippen molar-refractivity contribution in [2.24, 2.45) is 0 Å². The third kappa shape index (κ3) is 3.20. The van der Waals surface area contributed by atoms with E-state index in [0.717, 1.165) is 11.4 Å². The summed E-state index contributed by atoms with van der Waals surface area (Å²) in [6.07, 6.45) is 2.16. The van der Waals surface area contributed by atoms with E-state index in [1.807, 2.05) is 25.1 Å². The van der Waals surface area contributed by atoms with Crippen LogP contribution in [-0.2, 0) is 13.0 Å². The van der Waals surface area contributed by atoms with Gasteiger partial charge in [-0.3, -0.25) is 14.3 Å². The SMILES string of the molecule is COc1cc2c(=O)n(CCc3cccc(C)n3)cnc2c(OC)c1OC. The Labute approximate surface area is 151 Å². The van der Waals surface area contributed by atoms with Crippen molar-refractivity contribution in [2.75, 3.05) is 21.3 Å². The van der Waals surface area contributed by atoms with E-state index in [1.54, 1.807) is 10.6 Å². The summed E-state index contributed by atoms with van der Waals surface area (Å²) in [5, 5.41) is 0.416. The molecule has 0 atom stereocenters. The lowest BCUT2D eigenvalue weighted by Gasteiger charge is -2.14. The number of hydrogen-bond acceptors (Lipinski definition) is 6. The zero-order valence-corrected chi connectivity index (χ0v) is 15.3. The second-order valence-corrected chi connectivity index (χ2v) is 5.80. The van der Waals surface area contributed by atoms with Crippen LogP contribution in [0.15, 0.2) is 35.4 Å². The van der Waals surface area contributed by atoms with Crippen molar-refractivity contribution in [3.8, 4) is 17.2 Å². The highest BCUT2D eigenvalue weighted by atomic mass is 16.5. The molecule has 0 unspecified atom stereocenters. The van der Waals surface area contributed by atoms with Gasteiger partial charge in [-0.05, 0) is 25.1 Å². The Morgan fingerprint density at radius 2 is 1.85 bits per heavy atom. The fourth-order valence-corrected chi connectivity index (χ4v) is 2.90. The Bertz CT molecular complexity index is 998. The molecule has 3 rings (SSSR count). The average molecular weight is 355 g/mol. The summed E-state index contributed by atoms with van der Waals surface area (Å²) in [5.74, 6) is 1.22. The van der Waals surface area contributed by atoms with Crippen LogP contribution in [0.5, 0.6) is 17.2 Å². The van der Waals surface area contributed by atoms with Gasteiger partial charge in [0, 0.05) is 24.4 Å². The molecule has 0 saturated heterocycles. The first-order valence-electron chi connectivity index (χ1n) is 8.19. The maximum atomic E-state index is 12.9. The van der Waals surface area contributed by atoms with Crippen molar-refractivity contribution in [3.63, 3.8) is 0 Å². The van der Waals surface area contributed by atoms with Gasteiger partial charge in [-0.25, -0.2) is 4.98 Å². The van der Waals surface area contributed by atoms with Crippen LogP contribution in [0.2, 0.25) is 0 Å². The molecule has 7 nitrogen and oxygen atoms in total. The standard InChI is InChI=1S/C19H21N3O4/c1-12-6-5-7-13(21-12)8-9-22-11-20-16-14(19(22)23)10-15(24-2)17(25-3)18(16)26-4/h5-7,10-11H,8-9H2,1-4H3. The maximum Gasteiger partial charge on any atom is 0.261 e. The maximum absolute atomic E-state index is 12.9. The molecule has 0 saturated carbocycles. The number of nitrogens with zero attached hydrogens (tertiary/aromatic N) is 3. The summed E-state index contributed by atoms with van der Waals surface area (Å²) in [7, 11) is 4.54. The first-order valence-corrected chi connectivity index (χ1v) is 8.19. The van der Waals surface area contributed by atoms with Gasteiger partial charge in [0.2, 0.25) is 5.75 Å². The van der Waals surface area contributed by atoms with Crippen LogP contribution in [0, 0.1) is 6.92 Å². The number of rotatable bonds is 6. The van der Waals surface area contributed by atoms with Crippen LogP contribution in [0.3, 0.4) is 0 Å². The molecule has 0 spiro atoms. The average Bonchev–Trinajstić information content (AvgIpc) is 2.66. The van der Waals surface area contributed by atoms with Crippen molar-refractivity contribution in [1.82, 2.24) is 14.5 Å². The van der Waals surface area contributed by atoms with Crippen LogP contribution in [0.1, 0.15) is 11.4 Å². The molecule has 7 heteroatoms. The Kier molecular flexibility index (Phi) is 5.06. The van der Waals surface area contributed by atoms with Gasteiger partial charge in [0.05, 0.1) is 33.0 Å². The smallest absolute Gasteiger partial charge is 0.261 e. The van der Waals surface area contributed by atoms with Crippen LogP contribution >= 0.6 is 0 Å². The summed E-state index contributed by atoms with van der Waals surface area (Å²) in [5.41, 5.74) is 2.16. The summed E-state index contributed by atoms with van der Waals surface area (Å²) in [4.78, 5) is 21.8. The van der Waals surface area contributed by atoms with Gasteiger partial charge in [-0.1, -0.05) is 6.07 Å². The molecule has 2 heterocycles. The van der Waals surface area contributed by atoms with Crippen molar-refractivity contribution in [3.05, 3.63) is 52.3 Å². The van der Waals surface area contributed by atoms with Gasteiger partial charge in [-0.2, -0.15) is 0 Å². The van der Waals surface area contributed by atoms with E-state index >= 15 is 0 Å². The predicted molar refractivity (Wildman–Crippen MR) is 98.3 cm³/mol. The minimum Gasteiger partial charge on any atom is -0.493 e. The van der Waals surface area contributed by atoms with E-state index in [4.69, 9.17) is 14.2 Å². The zero-order valence-electron chi connectivity index (χ0n) is 15.3. The quantitative estimate of drug-likeness (QED) is 0.676. The van der Waals surface area contributed by atoms with Crippen molar-refractivity contribution in [2.45, 2.75) is 19.9 Å². The van der Waals surface area contributed by atoms with Gasteiger partial charge in [0.25, 0.3) is 5.56 Å². The Hall–Kier alpha value is -3.09. The molecular weight excluding hydrogens is 334 g/mol. The summed E-state index contributed by atoms with van der Waals surface area (Å²) >= 11 is 0. The minimum atomic E-state index is -0.165. The fraction of sp³-hybridized carbons (Fsp3) is 0.316. The largest absolute Gasteiger partial charge is 0.493 e. The fourth-order valence-electron chi connectivity index (χ4n) is 2.90. The molecule has 0 fully saturated rings. The summed E-state index contributed by atoms with van der Waals surface area (Å²) < 4.78 is 17.6. The molecule has 1 aromatic carbocycles. The molecule has 136 valence electrons. The van der Waals surface area contributed by atoms with Crippen molar-refractivity contribution in [1.29, 1.82) is 0 Å². The first-order chi connectivity index (χ1) is 12.6. The lowest BCUT2D eigenvalue weighted by atomic mass is 10.2. The van der Waals surface area contributed by atoms with E-state index in [9.17, 15) is 4.79 Å². The second-order valence-electron chi connectivity index (χ2n) is 5.80. The Balaban J connectivity index is 2.04. The molecule has 0 aliphatic carbocycles. The van der Waals surface area contributed by atoms with E-state index in [2.05, 4.69) is 9.97 Å². The molecule has 2 aromatic heterocycles. The highest BCUT2D eigenvalue weighted by molar-refractivity contribution is 5.89. The number of aryl methyl sites for hydroxylation is 3. The van der Waals surface area contributed by atoms with Gasteiger partial charge in [-0.15, -0.1) is 0 Å². The van der Waals surface area contributed by atoms with E-state index in [0.29, 0.717) is 41.1 Å². The highest BCUT2D eigenvalue weighted by Gasteiger charge is 2.19. The van der Waals surface area contributed by atoms with E-state index in [1.165, 1.54) is 27.7 Å². The number of methoxy groups -OCH3 is 3. The monoisotopic (exact) mass is 355 g/mol. The predicted octanol–water partition coefficient (Wildman–Crippen LogP) is 2.37. The van der Waals surface area contributed by atoms with Crippen molar-refractivity contribution >= 4 is 10.9 Å². The number of benzene rings is 1. The zero-order chi connectivity index (χ0) is 18.7. The lowest BCUT2D eigenvalue weighted by molar-refractivity contribution is 0.326. The number of hydrogen-bond donors (Lipinski definition) is 0. The molecule has 0 N–H and O–H groups in total. The molecule has 0 radical (unpaired) electrons. The Morgan fingerprint density at radius 1 is 1.08 bits per heavy atom. The molecular formula is C19H21N3O4. The van der Waals surface area contributed by atoms with E-state index in [-0.39, 0.29) is 5.56 Å². The van der Waals surface area contributed by atoms with Gasteiger partial charge < -0.3 is 14.2 Å². The Morgan fingerprint density at radius 3 is 2.50 bits per heavy atom. The molecule has 0 aliphatic heterocycles. The van der Waals surface area contributed by atoms with Crippen LogP contribution in [0.25, 0.3) is 10.9 Å². The van der Waals surface area contributed by atoms with Gasteiger partial charge >= 0.3 is 0 Å². The molecule has 0 amide bonds. The topological polar surface area (TPSA) is 75.5 Å². The first kappa shape index (κ1) is 17.7. The number of fused-ring (bicyclic) bond motifs is 1.